The number of hydrogen-bond donors (Lipinski definition) is 3. The summed E-state index contributed by atoms with van der Waals surface area (Å²) in [5.74, 6) is -3.05. The SMILES string of the molecule is CCn1nccc1C(=O)N[C@H](C(=O)Nc1ccc([C@H](C)[C@@H](NC(=O)c2ccn(C)n2)C(=O)N2CCN(C)CC2)cc1F)C1CCCCC1. The van der Waals surface area contributed by atoms with E-state index in [1.54, 1.807) is 54.1 Å². The van der Waals surface area contributed by atoms with Gasteiger partial charge in [0.05, 0.1) is 5.69 Å². The first-order valence-electron chi connectivity index (χ1n) is 16.8. The quantitative estimate of drug-likeness (QED) is 0.286. The maximum Gasteiger partial charge on any atom is 0.272 e. The van der Waals surface area contributed by atoms with Gasteiger partial charge in [-0.1, -0.05) is 32.3 Å². The molecule has 1 saturated heterocycles. The fourth-order valence-corrected chi connectivity index (χ4v) is 6.55. The number of piperazine rings is 1. The molecule has 2 aromatic heterocycles. The number of benzene rings is 1. The smallest absolute Gasteiger partial charge is 0.272 e. The van der Waals surface area contributed by atoms with Gasteiger partial charge in [-0.3, -0.25) is 28.5 Å². The van der Waals surface area contributed by atoms with Gasteiger partial charge in [-0.15, -0.1) is 0 Å². The molecule has 3 N–H and O–H groups in total. The van der Waals surface area contributed by atoms with E-state index in [1.807, 2.05) is 14.0 Å². The van der Waals surface area contributed by atoms with Crippen LogP contribution in [0.4, 0.5) is 10.1 Å². The highest BCUT2D eigenvalue weighted by Crippen LogP contribution is 2.29. The molecule has 48 heavy (non-hydrogen) atoms. The first-order chi connectivity index (χ1) is 23.0. The van der Waals surface area contributed by atoms with Crippen molar-refractivity contribution < 1.29 is 23.6 Å². The standard InChI is InChI=1S/C34H46FN9O4/c1-5-44-28(13-15-36-44)32(46)39-30(23-9-7-6-8-10-23)33(47)37-26-12-11-24(21-25(26)35)22(2)29(34(48)43-19-17-41(3)18-20-43)38-31(45)27-14-16-42(4)40-27/h11-16,21-23,29-30H,5-10,17-20H2,1-4H3,(H,37,47)(H,38,45)(H,39,46)/t22-,29+,30-/m0/s1. The van der Waals surface area contributed by atoms with Crippen molar-refractivity contribution in [3.05, 3.63) is 65.5 Å². The Bertz CT molecular complexity index is 1610. The fraction of sp³-hybridized carbons (Fsp3) is 0.529. The molecule has 3 heterocycles. The summed E-state index contributed by atoms with van der Waals surface area (Å²) in [7, 11) is 3.68. The molecule has 0 bridgehead atoms. The van der Waals surface area contributed by atoms with Gasteiger partial charge in [0.1, 0.15) is 29.3 Å². The predicted octanol–water partition coefficient (Wildman–Crippen LogP) is 2.77. The number of halogens is 1. The topological polar surface area (TPSA) is 146 Å². The van der Waals surface area contributed by atoms with Crippen LogP contribution in [0.1, 0.15) is 78.4 Å². The molecule has 0 unspecified atom stereocenters. The number of anilines is 1. The van der Waals surface area contributed by atoms with E-state index in [0.717, 1.165) is 32.1 Å². The summed E-state index contributed by atoms with van der Waals surface area (Å²) in [6, 6.07) is 5.72. The van der Waals surface area contributed by atoms with E-state index in [2.05, 4.69) is 31.0 Å². The van der Waals surface area contributed by atoms with Crippen LogP contribution in [-0.2, 0) is 23.2 Å². The molecular formula is C34H46FN9O4. The van der Waals surface area contributed by atoms with Gasteiger partial charge >= 0.3 is 0 Å². The normalized spacial score (nSPS) is 17.7. The number of carbonyl (C=O) groups is 4. The van der Waals surface area contributed by atoms with Crippen LogP contribution < -0.4 is 16.0 Å². The average Bonchev–Trinajstić information content (AvgIpc) is 3.76. The van der Waals surface area contributed by atoms with Gasteiger partial charge in [0.2, 0.25) is 11.8 Å². The summed E-state index contributed by atoms with van der Waals surface area (Å²) in [4.78, 5) is 57.7. The Kier molecular flexibility index (Phi) is 11.2. The van der Waals surface area contributed by atoms with Crippen LogP contribution in [0.3, 0.4) is 0 Å². The van der Waals surface area contributed by atoms with Gasteiger partial charge in [0.25, 0.3) is 11.8 Å². The van der Waals surface area contributed by atoms with Crippen molar-refractivity contribution >= 4 is 29.3 Å². The number of carbonyl (C=O) groups excluding carboxylic acids is 4. The first kappa shape index (κ1) is 34.7. The summed E-state index contributed by atoms with van der Waals surface area (Å²) in [6.07, 6.45) is 7.69. The van der Waals surface area contributed by atoms with Crippen molar-refractivity contribution in [2.75, 3.05) is 38.5 Å². The Balaban J connectivity index is 1.34. The zero-order chi connectivity index (χ0) is 34.4. The summed E-state index contributed by atoms with van der Waals surface area (Å²) in [6.45, 7) is 6.57. The van der Waals surface area contributed by atoms with Crippen molar-refractivity contribution in [1.29, 1.82) is 0 Å². The summed E-state index contributed by atoms with van der Waals surface area (Å²) < 4.78 is 18.8. The van der Waals surface area contributed by atoms with Crippen LogP contribution in [0.15, 0.2) is 42.7 Å². The molecule has 3 atom stereocenters. The maximum absolute atomic E-state index is 15.7. The van der Waals surface area contributed by atoms with Crippen LogP contribution in [0, 0.1) is 11.7 Å². The lowest BCUT2D eigenvalue weighted by Gasteiger charge is -2.36. The van der Waals surface area contributed by atoms with Gasteiger partial charge in [-0.25, -0.2) is 4.39 Å². The minimum Gasteiger partial charge on any atom is -0.339 e. The highest BCUT2D eigenvalue weighted by molar-refractivity contribution is 6.01. The fourth-order valence-electron chi connectivity index (χ4n) is 6.55. The molecule has 1 aliphatic carbocycles. The molecule has 1 saturated carbocycles. The lowest BCUT2D eigenvalue weighted by molar-refractivity contribution is -0.135. The van der Waals surface area contributed by atoms with E-state index in [0.29, 0.717) is 44.0 Å². The molecule has 5 rings (SSSR count). The number of hydrogen-bond acceptors (Lipinski definition) is 7. The Morgan fingerprint density at radius 2 is 1.69 bits per heavy atom. The van der Waals surface area contributed by atoms with Crippen LogP contribution in [-0.4, -0.2) is 98.3 Å². The monoisotopic (exact) mass is 663 g/mol. The number of nitrogens with zero attached hydrogens (tertiary/aromatic N) is 6. The van der Waals surface area contributed by atoms with Gasteiger partial charge in [-0.05, 0) is 62.6 Å². The van der Waals surface area contributed by atoms with E-state index in [4.69, 9.17) is 0 Å². The summed E-state index contributed by atoms with van der Waals surface area (Å²) >= 11 is 0. The number of amides is 4. The van der Waals surface area contributed by atoms with Crippen molar-refractivity contribution in [2.45, 2.75) is 70.5 Å². The second-order valence-electron chi connectivity index (χ2n) is 12.9. The Morgan fingerprint density at radius 1 is 0.958 bits per heavy atom. The molecule has 13 nitrogen and oxygen atoms in total. The molecule has 0 spiro atoms. The number of aryl methyl sites for hydroxylation is 2. The van der Waals surface area contributed by atoms with Crippen molar-refractivity contribution in [2.24, 2.45) is 13.0 Å². The Morgan fingerprint density at radius 3 is 2.33 bits per heavy atom. The molecular weight excluding hydrogens is 617 g/mol. The molecule has 258 valence electrons. The average molecular weight is 664 g/mol. The second kappa shape index (κ2) is 15.5. The summed E-state index contributed by atoms with van der Waals surface area (Å²) in [5, 5.41) is 16.8. The Hall–Kier alpha value is -4.59. The first-order valence-corrected chi connectivity index (χ1v) is 16.8. The number of nitrogens with one attached hydrogen (secondary N) is 3. The lowest BCUT2D eigenvalue weighted by Crippen LogP contribution is -2.55. The largest absolute Gasteiger partial charge is 0.339 e. The van der Waals surface area contributed by atoms with Crippen LogP contribution in [0.5, 0.6) is 0 Å². The van der Waals surface area contributed by atoms with E-state index in [9.17, 15) is 19.2 Å². The van der Waals surface area contributed by atoms with Crippen molar-refractivity contribution in [1.82, 2.24) is 40.0 Å². The number of rotatable bonds is 11. The van der Waals surface area contributed by atoms with Crippen LogP contribution in [0.25, 0.3) is 0 Å². The third kappa shape index (κ3) is 8.09. The van der Waals surface area contributed by atoms with Crippen molar-refractivity contribution in [3.63, 3.8) is 0 Å². The molecule has 0 radical (unpaired) electrons. The number of likely N-dealkylation sites (N-methyl/N-ethyl adjacent to an activating group) is 1. The number of aromatic nitrogens is 4. The highest BCUT2D eigenvalue weighted by Gasteiger charge is 2.35. The van der Waals surface area contributed by atoms with Crippen LogP contribution >= 0.6 is 0 Å². The van der Waals surface area contributed by atoms with Gasteiger partial charge in [0.15, 0.2) is 0 Å². The molecule has 14 heteroatoms. The van der Waals surface area contributed by atoms with E-state index < -0.39 is 41.5 Å². The van der Waals surface area contributed by atoms with Gasteiger partial charge < -0.3 is 25.8 Å². The van der Waals surface area contributed by atoms with Crippen LogP contribution in [0.2, 0.25) is 0 Å². The third-order valence-electron chi connectivity index (χ3n) is 9.53. The van der Waals surface area contributed by atoms with E-state index >= 15 is 4.39 Å². The second-order valence-corrected chi connectivity index (χ2v) is 12.9. The van der Waals surface area contributed by atoms with Gasteiger partial charge in [0, 0.05) is 58.1 Å². The minimum atomic E-state index is -0.981. The maximum atomic E-state index is 15.7. The molecule has 1 aromatic carbocycles. The molecule has 2 aliphatic rings. The molecule has 1 aliphatic heterocycles. The minimum absolute atomic E-state index is 0.0379. The zero-order valence-electron chi connectivity index (χ0n) is 28.1. The van der Waals surface area contributed by atoms with E-state index in [-0.39, 0.29) is 23.2 Å². The third-order valence-corrected chi connectivity index (χ3v) is 9.53. The molecule has 2 fully saturated rings. The van der Waals surface area contributed by atoms with E-state index in [1.165, 1.54) is 16.8 Å². The van der Waals surface area contributed by atoms with Crippen molar-refractivity contribution in [3.8, 4) is 0 Å². The molecule has 3 aromatic rings. The molecule has 4 amide bonds. The highest BCUT2D eigenvalue weighted by atomic mass is 19.1. The Labute approximate surface area is 280 Å². The predicted molar refractivity (Wildman–Crippen MR) is 178 cm³/mol. The lowest BCUT2D eigenvalue weighted by atomic mass is 9.83. The van der Waals surface area contributed by atoms with Gasteiger partial charge in [-0.2, -0.15) is 10.2 Å². The zero-order valence-corrected chi connectivity index (χ0v) is 28.1. The summed E-state index contributed by atoms with van der Waals surface area (Å²) in [5.41, 5.74) is 0.962.